The lowest BCUT2D eigenvalue weighted by Crippen LogP contribution is -2.08. The standard InChI is InChI=1S/C27H36O4/c1-4-6-9-20-29-25-16-18-26(19-17-25)31-27(28)23-12-14-24(15-13-23)30-21-10-7-8-11-22(3)5-2/h4,12-19,22H,1,5-11,20-21H2,2-3H3/t22-/m0/s1. The number of hydrogen-bond donors (Lipinski definition) is 0. The van der Waals surface area contributed by atoms with Crippen LogP contribution in [0.4, 0.5) is 0 Å². The van der Waals surface area contributed by atoms with Crippen LogP contribution in [0.15, 0.2) is 61.2 Å². The third-order valence-electron chi connectivity index (χ3n) is 5.25. The Morgan fingerprint density at radius 1 is 0.871 bits per heavy atom. The fourth-order valence-corrected chi connectivity index (χ4v) is 3.04. The van der Waals surface area contributed by atoms with Crippen molar-refractivity contribution in [3.8, 4) is 17.2 Å². The molecule has 0 N–H and O–H groups in total. The van der Waals surface area contributed by atoms with E-state index in [1.54, 1.807) is 36.4 Å². The number of rotatable bonds is 15. The molecule has 168 valence electrons. The van der Waals surface area contributed by atoms with Crippen LogP contribution in [0.25, 0.3) is 0 Å². The highest BCUT2D eigenvalue weighted by atomic mass is 16.5. The molecule has 0 amide bonds. The minimum atomic E-state index is -0.392. The van der Waals surface area contributed by atoms with Crippen LogP contribution < -0.4 is 14.2 Å². The summed E-state index contributed by atoms with van der Waals surface area (Å²) >= 11 is 0. The molecule has 0 fully saturated rings. The molecule has 0 unspecified atom stereocenters. The molecule has 0 spiro atoms. The number of esters is 1. The van der Waals surface area contributed by atoms with Crippen LogP contribution in [0, 0.1) is 5.92 Å². The summed E-state index contributed by atoms with van der Waals surface area (Å²) in [7, 11) is 0. The summed E-state index contributed by atoms with van der Waals surface area (Å²) in [5.41, 5.74) is 0.491. The van der Waals surface area contributed by atoms with Crippen molar-refractivity contribution in [2.45, 2.75) is 58.8 Å². The van der Waals surface area contributed by atoms with Gasteiger partial charge in [-0.05, 0) is 73.7 Å². The first kappa shape index (κ1) is 24.5. The van der Waals surface area contributed by atoms with Gasteiger partial charge in [0, 0.05) is 0 Å². The van der Waals surface area contributed by atoms with Gasteiger partial charge in [0.2, 0.25) is 0 Å². The zero-order valence-corrected chi connectivity index (χ0v) is 19.0. The third kappa shape index (κ3) is 9.73. The normalized spacial score (nSPS) is 11.5. The van der Waals surface area contributed by atoms with Crippen LogP contribution in [-0.2, 0) is 0 Å². The van der Waals surface area contributed by atoms with Crippen LogP contribution in [0.3, 0.4) is 0 Å². The first-order chi connectivity index (χ1) is 15.1. The second-order valence-corrected chi connectivity index (χ2v) is 7.88. The fraction of sp³-hybridized carbons (Fsp3) is 0.444. The minimum absolute atomic E-state index is 0.392. The average molecular weight is 425 g/mol. The quantitative estimate of drug-likeness (QED) is 0.131. The summed E-state index contributed by atoms with van der Waals surface area (Å²) < 4.78 is 16.9. The highest BCUT2D eigenvalue weighted by Crippen LogP contribution is 2.20. The van der Waals surface area contributed by atoms with Crippen LogP contribution in [-0.4, -0.2) is 19.2 Å². The molecule has 0 aliphatic rings. The number of benzene rings is 2. The predicted octanol–water partition coefficient (Wildman–Crippen LogP) is 7.24. The first-order valence-electron chi connectivity index (χ1n) is 11.4. The van der Waals surface area contributed by atoms with E-state index in [0.717, 1.165) is 36.7 Å². The number of hydrogen-bond acceptors (Lipinski definition) is 4. The van der Waals surface area contributed by atoms with E-state index in [0.29, 0.717) is 24.5 Å². The maximum absolute atomic E-state index is 12.4. The Balaban J connectivity index is 1.70. The van der Waals surface area contributed by atoms with Crippen LogP contribution in [0.2, 0.25) is 0 Å². The summed E-state index contributed by atoms with van der Waals surface area (Å²) in [4.78, 5) is 12.4. The lowest BCUT2D eigenvalue weighted by Gasteiger charge is -2.09. The Kier molecular flexibility index (Phi) is 11.3. The molecular weight excluding hydrogens is 388 g/mol. The molecule has 0 aromatic heterocycles. The molecule has 0 aliphatic heterocycles. The van der Waals surface area contributed by atoms with E-state index in [2.05, 4.69) is 20.4 Å². The van der Waals surface area contributed by atoms with Crippen molar-refractivity contribution in [1.29, 1.82) is 0 Å². The molecule has 0 saturated carbocycles. The maximum atomic E-state index is 12.4. The number of unbranched alkanes of at least 4 members (excludes halogenated alkanes) is 3. The van der Waals surface area contributed by atoms with Crippen molar-refractivity contribution < 1.29 is 19.0 Å². The van der Waals surface area contributed by atoms with Gasteiger partial charge in [-0.25, -0.2) is 4.79 Å². The summed E-state index contributed by atoms with van der Waals surface area (Å²) in [5, 5.41) is 0. The van der Waals surface area contributed by atoms with Gasteiger partial charge >= 0.3 is 5.97 Å². The van der Waals surface area contributed by atoms with Crippen molar-refractivity contribution in [2.24, 2.45) is 5.92 Å². The Bertz CT molecular complexity index is 765. The SMILES string of the molecule is C=CCCCOc1ccc(OC(=O)c2ccc(OCCCCC[C@@H](C)CC)cc2)cc1. The highest BCUT2D eigenvalue weighted by molar-refractivity contribution is 5.91. The second-order valence-electron chi connectivity index (χ2n) is 7.88. The Labute approximate surface area is 187 Å². The smallest absolute Gasteiger partial charge is 0.343 e. The van der Waals surface area contributed by atoms with Crippen molar-refractivity contribution in [3.05, 3.63) is 66.7 Å². The Morgan fingerprint density at radius 3 is 2.06 bits per heavy atom. The minimum Gasteiger partial charge on any atom is -0.494 e. The summed E-state index contributed by atoms with van der Waals surface area (Å²) in [5.74, 6) is 2.44. The average Bonchev–Trinajstić information content (AvgIpc) is 2.80. The van der Waals surface area contributed by atoms with E-state index >= 15 is 0 Å². The van der Waals surface area contributed by atoms with Crippen molar-refractivity contribution >= 4 is 5.97 Å². The second kappa shape index (κ2) is 14.3. The zero-order chi connectivity index (χ0) is 22.3. The van der Waals surface area contributed by atoms with Crippen LogP contribution in [0.1, 0.15) is 69.2 Å². The molecule has 0 heterocycles. The zero-order valence-electron chi connectivity index (χ0n) is 19.0. The monoisotopic (exact) mass is 424 g/mol. The molecule has 31 heavy (non-hydrogen) atoms. The van der Waals surface area contributed by atoms with Crippen LogP contribution in [0.5, 0.6) is 17.2 Å². The number of ether oxygens (including phenoxy) is 3. The summed E-state index contributed by atoms with van der Waals surface area (Å²) in [6, 6.07) is 14.2. The Hall–Kier alpha value is -2.75. The van der Waals surface area contributed by atoms with E-state index in [4.69, 9.17) is 14.2 Å². The first-order valence-corrected chi connectivity index (χ1v) is 11.4. The predicted molar refractivity (Wildman–Crippen MR) is 126 cm³/mol. The number of carbonyl (C=O) groups is 1. The van der Waals surface area contributed by atoms with E-state index in [1.165, 1.54) is 25.7 Å². The van der Waals surface area contributed by atoms with E-state index in [9.17, 15) is 4.79 Å². The third-order valence-corrected chi connectivity index (χ3v) is 5.25. The van der Waals surface area contributed by atoms with Crippen molar-refractivity contribution in [1.82, 2.24) is 0 Å². The van der Waals surface area contributed by atoms with Gasteiger partial charge in [-0.15, -0.1) is 6.58 Å². The topological polar surface area (TPSA) is 44.8 Å². The number of carbonyl (C=O) groups excluding carboxylic acids is 1. The molecule has 1 atom stereocenters. The Morgan fingerprint density at radius 2 is 1.45 bits per heavy atom. The van der Waals surface area contributed by atoms with Gasteiger partial charge in [0.1, 0.15) is 17.2 Å². The highest BCUT2D eigenvalue weighted by Gasteiger charge is 2.09. The molecule has 2 rings (SSSR count). The van der Waals surface area contributed by atoms with Gasteiger partial charge in [-0.3, -0.25) is 0 Å². The van der Waals surface area contributed by atoms with Gasteiger partial charge in [0.05, 0.1) is 18.8 Å². The number of allylic oxidation sites excluding steroid dienone is 1. The van der Waals surface area contributed by atoms with E-state index in [-0.39, 0.29) is 0 Å². The molecule has 0 bridgehead atoms. The van der Waals surface area contributed by atoms with E-state index < -0.39 is 5.97 Å². The van der Waals surface area contributed by atoms with Gasteiger partial charge in [-0.2, -0.15) is 0 Å². The van der Waals surface area contributed by atoms with Gasteiger partial charge in [0.25, 0.3) is 0 Å². The molecule has 4 heteroatoms. The molecule has 0 radical (unpaired) electrons. The summed E-state index contributed by atoms with van der Waals surface area (Å²) in [6.45, 7) is 9.58. The van der Waals surface area contributed by atoms with Gasteiger partial charge in [0.15, 0.2) is 0 Å². The maximum Gasteiger partial charge on any atom is 0.343 e. The molecule has 4 nitrogen and oxygen atoms in total. The van der Waals surface area contributed by atoms with Gasteiger partial charge < -0.3 is 14.2 Å². The van der Waals surface area contributed by atoms with E-state index in [1.807, 2.05) is 18.2 Å². The van der Waals surface area contributed by atoms with Crippen molar-refractivity contribution in [2.75, 3.05) is 13.2 Å². The molecular formula is C27H36O4. The largest absolute Gasteiger partial charge is 0.494 e. The van der Waals surface area contributed by atoms with Crippen molar-refractivity contribution in [3.63, 3.8) is 0 Å². The van der Waals surface area contributed by atoms with Gasteiger partial charge in [-0.1, -0.05) is 45.6 Å². The lowest BCUT2D eigenvalue weighted by molar-refractivity contribution is 0.0734. The fourth-order valence-electron chi connectivity index (χ4n) is 3.04. The lowest BCUT2D eigenvalue weighted by atomic mass is 10.0. The molecule has 0 saturated heterocycles. The van der Waals surface area contributed by atoms with Crippen LogP contribution >= 0.6 is 0 Å². The molecule has 2 aromatic rings. The molecule has 2 aromatic carbocycles. The molecule has 0 aliphatic carbocycles. The summed E-state index contributed by atoms with van der Waals surface area (Å²) in [6.07, 6.45) is 9.77.